The molecule has 3 heterocycles. The summed E-state index contributed by atoms with van der Waals surface area (Å²) in [6, 6.07) is 3.75. The first kappa shape index (κ1) is 19.9. The van der Waals surface area contributed by atoms with Gasteiger partial charge in [-0.2, -0.15) is 23.3 Å². The molecule has 0 N–H and O–H groups in total. The minimum absolute atomic E-state index is 0.0644. The SMILES string of the molecule is COC(=O)[C@H]1CCCc2nn(Cc3noc(-c4cccc(C(F)(F)F)c4)n3)c(=O)n21. The van der Waals surface area contributed by atoms with Crippen LogP contribution in [0.1, 0.15) is 36.1 Å². The molecule has 0 spiro atoms. The van der Waals surface area contributed by atoms with Crippen molar-refractivity contribution < 1.29 is 27.2 Å². The number of methoxy groups -OCH3 is 1. The highest BCUT2D eigenvalue weighted by molar-refractivity contribution is 5.74. The summed E-state index contributed by atoms with van der Waals surface area (Å²) >= 11 is 0. The topological polar surface area (TPSA) is 105 Å². The van der Waals surface area contributed by atoms with Crippen molar-refractivity contribution in [1.29, 1.82) is 0 Å². The number of carbonyl (C=O) groups excluding carboxylic acids is 1. The van der Waals surface area contributed by atoms with Gasteiger partial charge in [-0.15, -0.1) is 0 Å². The molecule has 0 bridgehead atoms. The van der Waals surface area contributed by atoms with Crippen LogP contribution < -0.4 is 5.69 Å². The Labute approximate surface area is 167 Å². The van der Waals surface area contributed by atoms with Gasteiger partial charge in [0.1, 0.15) is 18.4 Å². The van der Waals surface area contributed by atoms with E-state index >= 15 is 0 Å². The quantitative estimate of drug-likeness (QED) is 0.593. The van der Waals surface area contributed by atoms with Crippen molar-refractivity contribution in [3.63, 3.8) is 0 Å². The smallest absolute Gasteiger partial charge is 0.416 e. The summed E-state index contributed by atoms with van der Waals surface area (Å²) in [6.45, 7) is -0.158. The van der Waals surface area contributed by atoms with Crippen LogP contribution >= 0.6 is 0 Å². The number of fused-ring (bicyclic) bond motifs is 1. The molecule has 1 aliphatic rings. The van der Waals surface area contributed by atoms with Crippen LogP contribution in [0.5, 0.6) is 0 Å². The lowest BCUT2D eigenvalue weighted by Crippen LogP contribution is -2.35. The van der Waals surface area contributed by atoms with Gasteiger partial charge in [-0.1, -0.05) is 11.2 Å². The number of hydrogen-bond donors (Lipinski definition) is 0. The average Bonchev–Trinajstić information content (AvgIpc) is 3.32. The maximum Gasteiger partial charge on any atom is 0.416 e. The number of hydrogen-bond acceptors (Lipinski definition) is 7. The van der Waals surface area contributed by atoms with Crippen LogP contribution in [0.3, 0.4) is 0 Å². The third-order valence-corrected chi connectivity index (χ3v) is 4.80. The van der Waals surface area contributed by atoms with Gasteiger partial charge in [0.15, 0.2) is 5.82 Å². The largest absolute Gasteiger partial charge is 0.467 e. The predicted molar refractivity (Wildman–Crippen MR) is 94.3 cm³/mol. The predicted octanol–water partition coefficient (Wildman–Crippen LogP) is 2.21. The standard InChI is InChI=1S/C18H16F3N5O4/c1-29-16(27)12-6-3-7-14-23-25(17(28)26(12)14)9-13-22-15(30-24-13)10-4-2-5-11(8-10)18(19,20)21/h2,4-5,8,12H,3,6-7,9H2,1H3/t12-/m1/s1. The molecular weight excluding hydrogens is 407 g/mol. The van der Waals surface area contributed by atoms with Gasteiger partial charge in [-0.3, -0.25) is 4.57 Å². The van der Waals surface area contributed by atoms with E-state index in [0.29, 0.717) is 25.1 Å². The van der Waals surface area contributed by atoms with E-state index in [1.807, 2.05) is 0 Å². The van der Waals surface area contributed by atoms with Gasteiger partial charge in [0, 0.05) is 12.0 Å². The van der Waals surface area contributed by atoms with Crippen molar-refractivity contribution in [3.8, 4) is 11.5 Å². The normalized spacial score (nSPS) is 16.3. The van der Waals surface area contributed by atoms with Gasteiger partial charge < -0.3 is 9.26 Å². The van der Waals surface area contributed by atoms with Crippen LogP contribution in [0.25, 0.3) is 11.5 Å². The summed E-state index contributed by atoms with van der Waals surface area (Å²) in [5.74, 6) is -0.123. The minimum Gasteiger partial charge on any atom is -0.467 e. The second-order valence-corrected chi connectivity index (χ2v) is 6.75. The van der Waals surface area contributed by atoms with Gasteiger partial charge in [0.25, 0.3) is 5.89 Å². The zero-order valence-electron chi connectivity index (χ0n) is 15.7. The van der Waals surface area contributed by atoms with Gasteiger partial charge in [0.2, 0.25) is 0 Å². The lowest BCUT2D eigenvalue weighted by Gasteiger charge is -2.20. The maximum absolute atomic E-state index is 12.9. The zero-order chi connectivity index (χ0) is 21.5. The fraction of sp³-hybridized carbons (Fsp3) is 0.389. The van der Waals surface area contributed by atoms with E-state index in [1.165, 1.54) is 23.8 Å². The van der Waals surface area contributed by atoms with Crippen LogP contribution in [-0.2, 0) is 28.7 Å². The Balaban J connectivity index is 1.61. The molecule has 2 aromatic heterocycles. The summed E-state index contributed by atoms with van der Waals surface area (Å²) < 4.78 is 50.9. The monoisotopic (exact) mass is 423 g/mol. The molecule has 1 atom stereocenters. The van der Waals surface area contributed by atoms with E-state index in [9.17, 15) is 22.8 Å². The zero-order valence-corrected chi connectivity index (χ0v) is 15.7. The van der Waals surface area contributed by atoms with Crippen molar-refractivity contribution in [2.45, 2.75) is 38.0 Å². The van der Waals surface area contributed by atoms with Crippen LogP contribution in [0, 0.1) is 0 Å². The first-order chi connectivity index (χ1) is 14.3. The first-order valence-electron chi connectivity index (χ1n) is 9.04. The van der Waals surface area contributed by atoms with Crippen LogP contribution in [0.2, 0.25) is 0 Å². The Morgan fingerprint density at radius 1 is 1.37 bits per heavy atom. The van der Waals surface area contributed by atoms with Gasteiger partial charge in [0.05, 0.1) is 12.7 Å². The van der Waals surface area contributed by atoms with E-state index in [0.717, 1.165) is 16.8 Å². The van der Waals surface area contributed by atoms with Crippen LogP contribution in [0.15, 0.2) is 33.6 Å². The number of esters is 1. The molecule has 0 amide bonds. The van der Waals surface area contributed by atoms with E-state index in [1.54, 1.807) is 0 Å². The number of benzene rings is 1. The molecule has 0 unspecified atom stereocenters. The molecule has 1 aliphatic heterocycles. The lowest BCUT2D eigenvalue weighted by molar-refractivity contribution is -0.145. The number of halogens is 3. The van der Waals surface area contributed by atoms with E-state index in [4.69, 9.17) is 9.26 Å². The number of carbonyl (C=O) groups is 1. The minimum atomic E-state index is -4.50. The molecule has 0 aliphatic carbocycles. The van der Waals surface area contributed by atoms with E-state index in [-0.39, 0.29) is 23.8 Å². The Kier molecular flexibility index (Phi) is 4.92. The Bertz CT molecular complexity index is 1150. The van der Waals surface area contributed by atoms with Gasteiger partial charge >= 0.3 is 17.8 Å². The van der Waals surface area contributed by atoms with Crippen molar-refractivity contribution in [2.24, 2.45) is 0 Å². The highest BCUT2D eigenvalue weighted by Crippen LogP contribution is 2.31. The molecule has 3 aromatic rings. The Morgan fingerprint density at radius 3 is 2.90 bits per heavy atom. The van der Waals surface area contributed by atoms with Gasteiger partial charge in [-0.25, -0.2) is 14.3 Å². The second kappa shape index (κ2) is 7.43. The molecule has 0 saturated heterocycles. The molecular formula is C18H16F3N5O4. The summed E-state index contributed by atoms with van der Waals surface area (Å²) in [4.78, 5) is 28.8. The van der Waals surface area contributed by atoms with Crippen molar-refractivity contribution in [3.05, 3.63) is 52.0 Å². The summed E-state index contributed by atoms with van der Waals surface area (Å²) in [7, 11) is 1.25. The third-order valence-electron chi connectivity index (χ3n) is 4.80. The fourth-order valence-electron chi connectivity index (χ4n) is 3.39. The fourth-order valence-corrected chi connectivity index (χ4v) is 3.39. The third kappa shape index (κ3) is 3.60. The van der Waals surface area contributed by atoms with Crippen LogP contribution in [0.4, 0.5) is 13.2 Å². The summed E-state index contributed by atoms with van der Waals surface area (Å²) in [6.07, 6.45) is -2.83. The second-order valence-electron chi connectivity index (χ2n) is 6.75. The number of ether oxygens (including phenoxy) is 1. The number of aromatic nitrogens is 5. The molecule has 0 saturated carbocycles. The molecule has 30 heavy (non-hydrogen) atoms. The molecule has 9 nitrogen and oxygen atoms in total. The molecule has 1 aromatic carbocycles. The first-order valence-corrected chi connectivity index (χ1v) is 9.04. The van der Waals surface area contributed by atoms with Crippen molar-refractivity contribution in [2.75, 3.05) is 7.11 Å². The maximum atomic E-state index is 12.9. The van der Waals surface area contributed by atoms with Gasteiger partial charge in [-0.05, 0) is 31.0 Å². The van der Waals surface area contributed by atoms with E-state index < -0.39 is 29.4 Å². The van der Waals surface area contributed by atoms with Crippen molar-refractivity contribution in [1.82, 2.24) is 24.5 Å². The molecule has 0 fully saturated rings. The summed E-state index contributed by atoms with van der Waals surface area (Å²) in [5.41, 5.74) is -1.26. The number of aryl methyl sites for hydroxylation is 1. The molecule has 4 rings (SSSR count). The van der Waals surface area contributed by atoms with E-state index in [2.05, 4.69) is 15.2 Å². The average molecular weight is 423 g/mol. The Morgan fingerprint density at radius 2 is 2.17 bits per heavy atom. The van der Waals surface area contributed by atoms with Crippen molar-refractivity contribution >= 4 is 5.97 Å². The highest BCUT2D eigenvalue weighted by Gasteiger charge is 2.32. The Hall–Kier alpha value is -3.44. The lowest BCUT2D eigenvalue weighted by atomic mass is 10.1. The number of alkyl halides is 3. The molecule has 0 radical (unpaired) electrons. The molecule has 158 valence electrons. The van der Waals surface area contributed by atoms with Crippen LogP contribution in [-0.4, -0.2) is 37.6 Å². The molecule has 12 heteroatoms. The highest BCUT2D eigenvalue weighted by atomic mass is 19.4. The number of nitrogens with zero attached hydrogens (tertiary/aromatic N) is 5. The summed E-state index contributed by atoms with van der Waals surface area (Å²) in [5, 5.41) is 7.96. The number of rotatable bonds is 4.